The zero-order valence-electron chi connectivity index (χ0n) is 15.4. The minimum absolute atomic E-state index is 0.263. The van der Waals surface area contributed by atoms with Crippen LogP contribution in [0.5, 0.6) is 0 Å². The molecule has 138 valence electrons. The van der Waals surface area contributed by atoms with Crippen molar-refractivity contribution in [3.8, 4) is 0 Å². The monoisotopic (exact) mass is 352 g/mol. The van der Waals surface area contributed by atoms with Crippen LogP contribution in [0, 0.1) is 0 Å². The molecule has 0 amide bonds. The quantitative estimate of drug-likeness (QED) is 0.515. The number of hydrogen-bond acceptors (Lipinski definition) is 3. The first kappa shape index (κ1) is 18.8. The van der Waals surface area contributed by atoms with Gasteiger partial charge in [0.25, 0.3) is 0 Å². The third-order valence-corrected chi connectivity index (χ3v) is 5.01. The molecule has 26 heavy (non-hydrogen) atoms. The molecule has 1 N–H and O–H groups in total. The van der Waals surface area contributed by atoms with Crippen molar-refractivity contribution in [3.05, 3.63) is 84.4 Å². The smallest absolute Gasteiger partial charge is 0.191 e. The third-order valence-electron chi connectivity index (χ3n) is 5.01. The van der Waals surface area contributed by atoms with Crippen molar-refractivity contribution in [1.82, 2.24) is 0 Å². The Labute approximate surface area is 156 Å². The minimum Gasteiger partial charge on any atom is -0.380 e. The molecule has 0 unspecified atom stereocenters. The number of benzene rings is 2. The molecule has 0 aromatic heterocycles. The van der Waals surface area contributed by atoms with Crippen molar-refractivity contribution >= 4 is 0 Å². The van der Waals surface area contributed by atoms with E-state index in [0.29, 0.717) is 6.42 Å². The van der Waals surface area contributed by atoms with Crippen LogP contribution in [0.1, 0.15) is 55.9 Å². The highest BCUT2D eigenvalue weighted by atomic mass is 16.7. The topological polar surface area (TPSA) is 38.7 Å². The Kier molecular flexibility index (Phi) is 6.25. The second-order valence-electron chi connectivity index (χ2n) is 6.92. The summed E-state index contributed by atoms with van der Waals surface area (Å²) >= 11 is 0. The van der Waals surface area contributed by atoms with Crippen LogP contribution in [0.15, 0.2) is 73.3 Å². The van der Waals surface area contributed by atoms with Gasteiger partial charge in [0.1, 0.15) is 17.8 Å². The van der Waals surface area contributed by atoms with E-state index in [1.54, 1.807) is 6.08 Å². The molecular weight excluding hydrogens is 324 g/mol. The molecule has 1 fully saturated rings. The fourth-order valence-electron chi connectivity index (χ4n) is 3.44. The molecule has 3 nitrogen and oxygen atoms in total. The molecular formula is C23H28O3. The lowest BCUT2D eigenvalue weighted by Gasteiger charge is -2.29. The van der Waals surface area contributed by atoms with Gasteiger partial charge >= 0.3 is 0 Å². The maximum absolute atomic E-state index is 11.1. The zero-order chi connectivity index (χ0) is 18.4. The van der Waals surface area contributed by atoms with Crippen LogP contribution < -0.4 is 0 Å². The van der Waals surface area contributed by atoms with E-state index >= 15 is 0 Å². The van der Waals surface area contributed by atoms with Crippen LogP contribution in [0.3, 0.4) is 0 Å². The lowest BCUT2D eigenvalue weighted by molar-refractivity contribution is -0.175. The molecule has 3 atom stereocenters. The average molecular weight is 352 g/mol. The summed E-state index contributed by atoms with van der Waals surface area (Å²) in [6.07, 6.45) is 3.97. The van der Waals surface area contributed by atoms with E-state index in [1.165, 1.54) is 0 Å². The molecule has 0 spiro atoms. The van der Waals surface area contributed by atoms with Gasteiger partial charge in [-0.05, 0) is 17.5 Å². The van der Waals surface area contributed by atoms with E-state index in [2.05, 4.69) is 13.5 Å². The molecule has 0 aliphatic carbocycles. The summed E-state index contributed by atoms with van der Waals surface area (Å²) in [6.45, 7) is 5.99. The van der Waals surface area contributed by atoms with E-state index in [0.717, 1.165) is 30.4 Å². The molecule has 3 rings (SSSR count). The van der Waals surface area contributed by atoms with E-state index < -0.39 is 11.9 Å². The first-order chi connectivity index (χ1) is 12.7. The molecule has 2 aromatic rings. The van der Waals surface area contributed by atoms with E-state index in [9.17, 15) is 5.11 Å². The highest BCUT2D eigenvalue weighted by Crippen LogP contribution is 2.46. The number of ether oxygens (including phenoxy) is 2. The molecule has 3 heteroatoms. The molecule has 1 heterocycles. The second-order valence-corrected chi connectivity index (χ2v) is 6.92. The summed E-state index contributed by atoms with van der Waals surface area (Å²) in [5, 5.41) is 11.1. The molecule has 0 saturated carbocycles. The predicted octanol–water partition coefficient (Wildman–Crippen LogP) is 5.34. The normalized spacial score (nSPS) is 22.8. The summed E-state index contributed by atoms with van der Waals surface area (Å²) in [4.78, 5) is 0. The van der Waals surface area contributed by atoms with Gasteiger partial charge in [-0.3, -0.25) is 0 Å². The highest BCUT2D eigenvalue weighted by Gasteiger charge is 2.47. The number of unbranched alkanes of at least 4 members (excludes halogenated alkanes) is 2. The zero-order valence-corrected chi connectivity index (χ0v) is 15.4. The predicted molar refractivity (Wildman–Crippen MR) is 104 cm³/mol. The van der Waals surface area contributed by atoms with Crippen molar-refractivity contribution in [2.45, 2.75) is 56.7 Å². The van der Waals surface area contributed by atoms with Crippen molar-refractivity contribution in [2.24, 2.45) is 0 Å². The van der Waals surface area contributed by atoms with Crippen LogP contribution in [0.25, 0.3) is 0 Å². The molecule has 1 aliphatic rings. The van der Waals surface area contributed by atoms with Crippen LogP contribution in [0.2, 0.25) is 0 Å². The SMILES string of the molecule is C=C[C@](O)(CCCCC)C1O[C@H](c2ccccc2)[C@@H](c2ccccc2)O1. The highest BCUT2D eigenvalue weighted by molar-refractivity contribution is 5.26. The van der Waals surface area contributed by atoms with Crippen molar-refractivity contribution < 1.29 is 14.6 Å². The van der Waals surface area contributed by atoms with E-state index in [-0.39, 0.29) is 12.2 Å². The minimum atomic E-state index is -1.19. The van der Waals surface area contributed by atoms with E-state index in [1.807, 2.05) is 60.7 Å². The second kappa shape index (κ2) is 8.63. The van der Waals surface area contributed by atoms with Gasteiger partial charge in [0.15, 0.2) is 6.29 Å². The molecule has 0 bridgehead atoms. The maximum Gasteiger partial charge on any atom is 0.191 e. The average Bonchev–Trinajstić information content (AvgIpc) is 3.15. The Morgan fingerprint density at radius 2 is 1.42 bits per heavy atom. The maximum atomic E-state index is 11.1. The number of rotatable bonds is 8. The van der Waals surface area contributed by atoms with E-state index in [4.69, 9.17) is 9.47 Å². The first-order valence-electron chi connectivity index (χ1n) is 9.44. The Balaban J connectivity index is 1.87. The van der Waals surface area contributed by atoms with Gasteiger partial charge in [-0.1, -0.05) is 92.9 Å². The largest absolute Gasteiger partial charge is 0.380 e. The summed E-state index contributed by atoms with van der Waals surface area (Å²) < 4.78 is 12.5. The van der Waals surface area contributed by atoms with Crippen molar-refractivity contribution in [1.29, 1.82) is 0 Å². The summed E-state index contributed by atoms with van der Waals surface area (Å²) in [7, 11) is 0. The molecule has 1 saturated heterocycles. The van der Waals surface area contributed by atoms with Gasteiger partial charge < -0.3 is 14.6 Å². The van der Waals surface area contributed by atoms with Crippen LogP contribution in [-0.4, -0.2) is 17.0 Å². The fourth-order valence-corrected chi connectivity index (χ4v) is 3.44. The summed E-state index contributed by atoms with van der Waals surface area (Å²) in [6, 6.07) is 20.1. The lowest BCUT2D eigenvalue weighted by atomic mass is 9.95. The fraction of sp³-hybridized carbons (Fsp3) is 0.391. The Hall–Kier alpha value is -1.94. The molecule has 1 aliphatic heterocycles. The van der Waals surface area contributed by atoms with Gasteiger partial charge in [-0.25, -0.2) is 0 Å². The standard InChI is InChI=1S/C23H28O3/c1-3-5-12-17-23(24,4-2)22-25-20(18-13-8-6-9-14-18)21(26-22)19-15-10-7-11-16-19/h4,6-11,13-16,20-22,24H,2-3,5,12,17H2,1H3/t20-,21-,23+/m1/s1. The summed E-state index contributed by atoms with van der Waals surface area (Å²) in [5.41, 5.74) is 0.902. The molecule has 0 radical (unpaired) electrons. The van der Waals surface area contributed by atoms with Gasteiger partial charge in [0.2, 0.25) is 0 Å². The Morgan fingerprint density at radius 3 is 1.85 bits per heavy atom. The van der Waals surface area contributed by atoms with Crippen LogP contribution in [-0.2, 0) is 9.47 Å². The summed E-state index contributed by atoms with van der Waals surface area (Å²) in [5.74, 6) is 0. The first-order valence-corrected chi connectivity index (χ1v) is 9.44. The van der Waals surface area contributed by atoms with Gasteiger partial charge in [-0.15, -0.1) is 6.58 Å². The van der Waals surface area contributed by atoms with Crippen molar-refractivity contribution in [2.75, 3.05) is 0 Å². The Bertz CT molecular complexity index is 638. The number of aliphatic hydroxyl groups is 1. The van der Waals surface area contributed by atoms with Crippen LogP contribution >= 0.6 is 0 Å². The number of hydrogen-bond donors (Lipinski definition) is 1. The van der Waals surface area contributed by atoms with Gasteiger partial charge in [0.05, 0.1) is 0 Å². The van der Waals surface area contributed by atoms with Gasteiger partial charge in [-0.2, -0.15) is 0 Å². The lowest BCUT2D eigenvalue weighted by Crippen LogP contribution is -2.41. The van der Waals surface area contributed by atoms with Crippen molar-refractivity contribution in [3.63, 3.8) is 0 Å². The third kappa shape index (κ3) is 4.07. The van der Waals surface area contributed by atoms with Gasteiger partial charge in [0, 0.05) is 0 Å². The molecule has 2 aromatic carbocycles. The van der Waals surface area contributed by atoms with Crippen LogP contribution in [0.4, 0.5) is 0 Å². The Morgan fingerprint density at radius 1 is 0.923 bits per heavy atom.